The van der Waals surface area contributed by atoms with Crippen molar-refractivity contribution in [2.45, 2.75) is 37.5 Å². The Hall–Kier alpha value is -2.94. The van der Waals surface area contributed by atoms with Crippen molar-refractivity contribution in [1.82, 2.24) is 10.2 Å². The van der Waals surface area contributed by atoms with Crippen molar-refractivity contribution in [2.24, 2.45) is 5.41 Å². The number of benzene rings is 2. The van der Waals surface area contributed by atoms with E-state index in [0.29, 0.717) is 19.4 Å². The third-order valence-corrected chi connectivity index (χ3v) is 7.11. The number of rotatable bonds is 4. The number of likely N-dealkylation sites (tertiary alicyclic amines) is 1. The molecular formula is C25H26F4N2O3. The standard InChI is InChI=1S/C25H26F4N2O3/c1-34-22(18-4-2-3-5-19(18)25(27,28)29)23(33)31-12-10-24(11-13-31)14-21(32)30-15-20(24)16-6-8-17(26)9-7-16/h2-9,20,22H,10-15H2,1H3,(H,30,32)/t20-,22+/m0/s1. The summed E-state index contributed by atoms with van der Waals surface area (Å²) in [7, 11) is 1.22. The van der Waals surface area contributed by atoms with E-state index in [4.69, 9.17) is 4.74 Å². The highest BCUT2D eigenvalue weighted by Gasteiger charge is 2.47. The zero-order chi connectivity index (χ0) is 24.5. The van der Waals surface area contributed by atoms with Crippen LogP contribution in [0.5, 0.6) is 0 Å². The normalized spacial score (nSPS) is 21.3. The van der Waals surface area contributed by atoms with Crippen LogP contribution in [0, 0.1) is 11.2 Å². The second-order valence-corrected chi connectivity index (χ2v) is 8.97. The van der Waals surface area contributed by atoms with Crippen LogP contribution in [0.1, 0.15) is 48.0 Å². The van der Waals surface area contributed by atoms with Crippen molar-refractivity contribution in [2.75, 3.05) is 26.7 Å². The minimum atomic E-state index is -4.61. The Morgan fingerprint density at radius 1 is 1.12 bits per heavy atom. The number of carbonyl (C=O) groups excluding carboxylic acids is 2. The summed E-state index contributed by atoms with van der Waals surface area (Å²) in [5, 5.41) is 2.88. The average molecular weight is 478 g/mol. The number of hydrogen-bond acceptors (Lipinski definition) is 3. The molecule has 2 atom stereocenters. The summed E-state index contributed by atoms with van der Waals surface area (Å²) in [4.78, 5) is 27.0. The highest BCUT2D eigenvalue weighted by molar-refractivity contribution is 5.83. The van der Waals surface area contributed by atoms with Crippen LogP contribution in [0.25, 0.3) is 0 Å². The molecule has 0 aromatic heterocycles. The van der Waals surface area contributed by atoms with Crippen LogP contribution in [0.2, 0.25) is 0 Å². The number of piperidine rings is 2. The van der Waals surface area contributed by atoms with E-state index in [1.54, 1.807) is 12.1 Å². The van der Waals surface area contributed by atoms with Crippen LogP contribution in [0.4, 0.5) is 17.6 Å². The van der Waals surface area contributed by atoms with Crippen molar-refractivity contribution < 1.29 is 31.9 Å². The van der Waals surface area contributed by atoms with E-state index in [1.807, 2.05) is 0 Å². The molecule has 4 rings (SSSR count). The summed E-state index contributed by atoms with van der Waals surface area (Å²) >= 11 is 0. The minimum absolute atomic E-state index is 0.0489. The van der Waals surface area contributed by atoms with Crippen molar-refractivity contribution in [3.05, 3.63) is 71.0 Å². The van der Waals surface area contributed by atoms with Crippen LogP contribution < -0.4 is 5.32 Å². The highest BCUT2D eigenvalue weighted by atomic mass is 19.4. The predicted octanol–water partition coefficient (Wildman–Crippen LogP) is 4.44. The quantitative estimate of drug-likeness (QED) is 0.661. The van der Waals surface area contributed by atoms with Gasteiger partial charge in [0.15, 0.2) is 6.10 Å². The minimum Gasteiger partial charge on any atom is -0.367 e. The number of amides is 2. The topological polar surface area (TPSA) is 58.6 Å². The molecule has 0 unspecified atom stereocenters. The molecule has 2 aliphatic rings. The molecule has 1 N–H and O–H groups in total. The molecule has 2 fully saturated rings. The number of halogens is 4. The summed E-state index contributed by atoms with van der Waals surface area (Å²) in [6, 6.07) is 11.1. The Bertz CT molecular complexity index is 1050. The molecule has 0 aliphatic carbocycles. The summed E-state index contributed by atoms with van der Waals surface area (Å²) in [6.45, 7) is 0.994. The van der Waals surface area contributed by atoms with E-state index in [2.05, 4.69) is 5.32 Å². The maximum absolute atomic E-state index is 13.5. The first-order valence-electron chi connectivity index (χ1n) is 11.1. The Kier molecular flexibility index (Phi) is 6.66. The van der Waals surface area contributed by atoms with Crippen molar-refractivity contribution in [3.8, 4) is 0 Å². The fourth-order valence-electron chi connectivity index (χ4n) is 5.31. The monoisotopic (exact) mass is 478 g/mol. The van der Waals surface area contributed by atoms with Crippen molar-refractivity contribution in [3.63, 3.8) is 0 Å². The fraction of sp³-hybridized carbons (Fsp3) is 0.440. The van der Waals surface area contributed by atoms with Crippen molar-refractivity contribution in [1.29, 1.82) is 0 Å². The van der Waals surface area contributed by atoms with Crippen LogP contribution >= 0.6 is 0 Å². The lowest BCUT2D eigenvalue weighted by molar-refractivity contribution is -0.148. The van der Waals surface area contributed by atoms with Gasteiger partial charge in [-0.15, -0.1) is 0 Å². The van der Waals surface area contributed by atoms with E-state index in [1.165, 1.54) is 42.3 Å². The Balaban J connectivity index is 1.54. The maximum Gasteiger partial charge on any atom is 0.416 e. The Morgan fingerprint density at radius 3 is 2.38 bits per heavy atom. The highest BCUT2D eigenvalue weighted by Crippen LogP contribution is 2.49. The molecule has 0 saturated carbocycles. The zero-order valence-electron chi connectivity index (χ0n) is 18.7. The molecule has 2 aliphatic heterocycles. The number of ether oxygens (including phenoxy) is 1. The largest absolute Gasteiger partial charge is 0.416 e. The third kappa shape index (κ3) is 4.66. The molecule has 9 heteroatoms. The van der Waals surface area contributed by atoms with E-state index in [0.717, 1.165) is 11.6 Å². The molecule has 182 valence electrons. The van der Waals surface area contributed by atoms with E-state index >= 15 is 0 Å². The van der Waals surface area contributed by atoms with Gasteiger partial charge in [0.1, 0.15) is 5.82 Å². The van der Waals surface area contributed by atoms with Crippen molar-refractivity contribution >= 4 is 11.8 Å². The molecule has 5 nitrogen and oxygen atoms in total. The van der Waals surface area contributed by atoms with Gasteiger partial charge >= 0.3 is 6.18 Å². The molecule has 2 aromatic carbocycles. The molecular weight excluding hydrogens is 452 g/mol. The fourth-order valence-corrected chi connectivity index (χ4v) is 5.31. The SMILES string of the molecule is CO[C@@H](C(=O)N1CCC2(CC1)CC(=O)NC[C@H]2c1ccc(F)cc1)c1ccccc1C(F)(F)F. The second kappa shape index (κ2) is 9.37. The number of nitrogens with zero attached hydrogens (tertiary/aromatic N) is 1. The van der Waals surface area contributed by atoms with Gasteiger partial charge in [0.2, 0.25) is 5.91 Å². The lowest BCUT2D eigenvalue weighted by Gasteiger charge is -2.49. The van der Waals surface area contributed by atoms with Gasteiger partial charge in [-0.25, -0.2) is 4.39 Å². The molecule has 1 spiro atoms. The number of nitrogens with one attached hydrogen (secondary N) is 1. The lowest BCUT2D eigenvalue weighted by atomic mass is 9.62. The smallest absolute Gasteiger partial charge is 0.367 e. The summed E-state index contributed by atoms with van der Waals surface area (Å²) in [6.07, 6.45) is -4.70. The average Bonchev–Trinajstić information content (AvgIpc) is 2.80. The van der Waals surface area contributed by atoms with Gasteiger partial charge in [-0.3, -0.25) is 9.59 Å². The van der Waals surface area contributed by atoms with Gasteiger partial charge in [-0.2, -0.15) is 13.2 Å². The summed E-state index contributed by atoms with van der Waals surface area (Å²) < 4.78 is 59.2. The number of alkyl halides is 3. The van der Waals surface area contributed by atoms with Crippen LogP contribution in [-0.2, 0) is 20.5 Å². The van der Waals surface area contributed by atoms with E-state index < -0.39 is 29.2 Å². The summed E-state index contributed by atoms with van der Waals surface area (Å²) in [5.74, 6) is -1.00. The molecule has 2 amide bonds. The molecule has 0 bridgehead atoms. The summed E-state index contributed by atoms with van der Waals surface area (Å²) in [5.41, 5.74) is -0.619. The van der Waals surface area contributed by atoms with Gasteiger partial charge in [0.25, 0.3) is 5.91 Å². The van der Waals surface area contributed by atoms with Crippen LogP contribution in [0.3, 0.4) is 0 Å². The van der Waals surface area contributed by atoms with Crippen LogP contribution in [0.15, 0.2) is 48.5 Å². The first kappa shape index (κ1) is 24.2. The lowest BCUT2D eigenvalue weighted by Crippen LogP contribution is -2.53. The number of methoxy groups -OCH3 is 1. The van der Waals surface area contributed by atoms with E-state index in [9.17, 15) is 27.2 Å². The van der Waals surface area contributed by atoms with Gasteiger partial charge in [0, 0.05) is 44.6 Å². The second-order valence-electron chi connectivity index (χ2n) is 8.97. The van der Waals surface area contributed by atoms with Gasteiger partial charge in [-0.05, 0) is 42.0 Å². The Morgan fingerprint density at radius 2 is 1.76 bits per heavy atom. The maximum atomic E-state index is 13.5. The first-order valence-corrected chi connectivity index (χ1v) is 11.1. The molecule has 2 heterocycles. The predicted molar refractivity (Wildman–Crippen MR) is 116 cm³/mol. The third-order valence-electron chi connectivity index (χ3n) is 7.11. The van der Waals surface area contributed by atoms with Gasteiger partial charge in [-0.1, -0.05) is 30.3 Å². The molecule has 2 saturated heterocycles. The molecule has 34 heavy (non-hydrogen) atoms. The van der Waals surface area contributed by atoms with Gasteiger partial charge in [0.05, 0.1) is 5.56 Å². The first-order chi connectivity index (χ1) is 16.1. The number of carbonyl (C=O) groups is 2. The van der Waals surface area contributed by atoms with E-state index in [-0.39, 0.29) is 42.7 Å². The molecule has 0 radical (unpaired) electrons. The van der Waals surface area contributed by atoms with Gasteiger partial charge < -0.3 is 15.0 Å². The molecule has 2 aromatic rings. The zero-order valence-corrected chi connectivity index (χ0v) is 18.7. The Labute approximate surface area is 195 Å². The number of hydrogen-bond donors (Lipinski definition) is 1. The van der Waals surface area contributed by atoms with Crippen LogP contribution in [-0.4, -0.2) is 43.5 Å².